The number of aromatic nitrogens is 2. The van der Waals surface area contributed by atoms with Crippen molar-refractivity contribution in [2.45, 2.75) is 18.6 Å². The summed E-state index contributed by atoms with van der Waals surface area (Å²) in [6.07, 6.45) is 2.01. The first kappa shape index (κ1) is 13.1. The molecule has 1 aromatic carbocycles. The summed E-state index contributed by atoms with van der Waals surface area (Å²) in [5, 5.41) is 23.8. The molecule has 2 atom stereocenters. The minimum Gasteiger partial charge on any atom is -0.390 e. The van der Waals surface area contributed by atoms with Crippen molar-refractivity contribution in [3.63, 3.8) is 0 Å². The topological polar surface area (TPSA) is 58.3 Å². The van der Waals surface area contributed by atoms with Crippen molar-refractivity contribution < 1.29 is 10.2 Å². The lowest BCUT2D eigenvalue weighted by atomic mass is 10.1. The monoisotopic (exact) mass is 264 g/mol. The zero-order valence-electron chi connectivity index (χ0n) is 9.85. The summed E-state index contributed by atoms with van der Waals surface area (Å²) in [6, 6.07) is 9.62. The molecule has 2 rings (SSSR count). The van der Waals surface area contributed by atoms with Crippen LogP contribution in [0.3, 0.4) is 0 Å². The highest BCUT2D eigenvalue weighted by atomic mass is 32.1. The first-order valence-corrected chi connectivity index (χ1v) is 6.42. The van der Waals surface area contributed by atoms with E-state index in [-0.39, 0.29) is 0 Å². The third-order valence-corrected chi connectivity index (χ3v) is 3.01. The molecule has 1 heterocycles. The molecule has 2 N–H and O–H groups in total. The number of benzene rings is 1. The zero-order valence-corrected chi connectivity index (χ0v) is 10.7. The molecule has 0 radical (unpaired) electrons. The normalized spacial score (nSPS) is 14.4. The average Bonchev–Trinajstić information content (AvgIpc) is 2.89. The predicted molar refractivity (Wildman–Crippen MR) is 73.0 cm³/mol. The van der Waals surface area contributed by atoms with Crippen LogP contribution in [-0.2, 0) is 0 Å². The first-order chi connectivity index (χ1) is 8.72. The number of aliphatic hydroxyl groups excluding tert-OH is 2. The SMILES string of the molecule is OC(CCS)C(O)c1cnn(-c2ccccc2)c1. The zero-order chi connectivity index (χ0) is 13.0. The van der Waals surface area contributed by atoms with E-state index in [9.17, 15) is 10.2 Å². The maximum atomic E-state index is 9.94. The van der Waals surface area contributed by atoms with Crippen LogP contribution in [0.2, 0.25) is 0 Å². The number of rotatable bonds is 5. The summed E-state index contributed by atoms with van der Waals surface area (Å²) in [5.41, 5.74) is 1.52. The molecule has 0 bridgehead atoms. The molecule has 0 fully saturated rings. The van der Waals surface area contributed by atoms with Crippen LogP contribution in [0.15, 0.2) is 42.7 Å². The summed E-state index contributed by atoms with van der Waals surface area (Å²) < 4.78 is 1.67. The van der Waals surface area contributed by atoms with Gasteiger partial charge in [-0.05, 0) is 24.3 Å². The lowest BCUT2D eigenvalue weighted by molar-refractivity contribution is 0.0172. The highest BCUT2D eigenvalue weighted by molar-refractivity contribution is 7.80. The van der Waals surface area contributed by atoms with Crippen molar-refractivity contribution in [2.75, 3.05) is 5.75 Å². The van der Waals surface area contributed by atoms with Crippen LogP contribution >= 0.6 is 12.6 Å². The van der Waals surface area contributed by atoms with Gasteiger partial charge in [0.05, 0.1) is 18.0 Å². The van der Waals surface area contributed by atoms with E-state index in [1.165, 1.54) is 0 Å². The number of hydrogen-bond acceptors (Lipinski definition) is 4. The molecule has 0 amide bonds. The Hall–Kier alpha value is -1.30. The van der Waals surface area contributed by atoms with E-state index < -0.39 is 12.2 Å². The van der Waals surface area contributed by atoms with Crippen molar-refractivity contribution in [1.82, 2.24) is 9.78 Å². The standard InChI is InChI=1S/C13H16N2O2S/c16-12(6-7-18)13(17)10-8-14-15(9-10)11-4-2-1-3-5-11/h1-5,8-9,12-13,16-18H,6-7H2. The highest BCUT2D eigenvalue weighted by Gasteiger charge is 2.19. The molecular weight excluding hydrogens is 248 g/mol. The Labute approximate surface area is 111 Å². The Morgan fingerprint density at radius 3 is 2.61 bits per heavy atom. The van der Waals surface area contributed by atoms with E-state index in [1.807, 2.05) is 30.3 Å². The third-order valence-electron chi connectivity index (χ3n) is 2.75. The van der Waals surface area contributed by atoms with Crippen molar-refractivity contribution in [1.29, 1.82) is 0 Å². The summed E-state index contributed by atoms with van der Waals surface area (Å²) in [6.45, 7) is 0. The van der Waals surface area contributed by atoms with Gasteiger partial charge in [0.2, 0.25) is 0 Å². The number of aliphatic hydroxyl groups is 2. The second-order valence-electron chi connectivity index (χ2n) is 4.08. The number of hydrogen-bond donors (Lipinski definition) is 3. The molecule has 0 saturated carbocycles. The summed E-state index contributed by atoms with van der Waals surface area (Å²) in [4.78, 5) is 0. The fourth-order valence-electron chi connectivity index (χ4n) is 1.72. The van der Waals surface area contributed by atoms with Crippen molar-refractivity contribution in [3.05, 3.63) is 48.3 Å². The van der Waals surface area contributed by atoms with Crippen molar-refractivity contribution in [3.8, 4) is 5.69 Å². The Morgan fingerprint density at radius 1 is 1.22 bits per heavy atom. The fraction of sp³-hybridized carbons (Fsp3) is 0.308. The molecule has 18 heavy (non-hydrogen) atoms. The molecule has 0 aliphatic rings. The van der Waals surface area contributed by atoms with Gasteiger partial charge in [-0.3, -0.25) is 0 Å². The van der Waals surface area contributed by atoms with Gasteiger partial charge in [0, 0.05) is 11.8 Å². The molecule has 0 aliphatic carbocycles. The van der Waals surface area contributed by atoms with E-state index >= 15 is 0 Å². The molecule has 96 valence electrons. The van der Waals surface area contributed by atoms with Crippen LogP contribution < -0.4 is 0 Å². The van der Waals surface area contributed by atoms with Gasteiger partial charge in [-0.15, -0.1) is 0 Å². The van der Waals surface area contributed by atoms with Crippen molar-refractivity contribution >= 4 is 12.6 Å². The molecule has 0 aliphatic heterocycles. The van der Waals surface area contributed by atoms with Crippen LogP contribution in [0.4, 0.5) is 0 Å². The summed E-state index contributed by atoms with van der Waals surface area (Å²) in [5.74, 6) is 0.533. The Bertz CT molecular complexity index is 487. The van der Waals surface area contributed by atoms with Gasteiger partial charge in [-0.25, -0.2) is 4.68 Å². The van der Waals surface area contributed by atoms with Gasteiger partial charge in [-0.2, -0.15) is 17.7 Å². The Morgan fingerprint density at radius 2 is 1.94 bits per heavy atom. The second kappa shape index (κ2) is 6.04. The fourth-order valence-corrected chi connectivity index (χ4v) is 1.99. The number of thiol groups is 1. The Kier molecular flexibility index (Phi) is 4.41. The summed E-state index contributed by atoms with van der Waals surface area (Å²) in [7, 11) is 0. The minimum absolute atomic E-state index is 0.445. The van der Waals surface area contributed by atoms with E-state index in [0.717, 1.165) is 5.69 Å². The largest absolute Gasteiger partial charge is 0.390 e. The van der Waals surface area contributed by atoms with Crippen LogP contribution in [0.1, 0.15) is 18.1 Å². The Balaban J connectivity index is 2.15. The molecule has 0 spiro atoms. The van der Waals surface area contributed by atoms with Crippen LogP contribution in [-0.4, -0.2) is 31.9 Å². The number of nitrogens with zero attached hydrogens (tertiary/aromatic N) is 2. The van der Waals surface area contributed by atoms with E-state index in [2.05, 4.69) is 17.7 Å². The molecule has 1 aromatic heterocycles. The molecule has 5 heteroatoms. The highest BCUT2D eigenvalue weighted by Crippen LogP contribution is 2.19. The minimum atomic E-state index is -0.922. The average molecular weight is 264 g/mol. The van der Waals surface area contributed by atoms with Gasteiger partial charge in [0.25, 0.3) is 0 Å². The van der Waals surface area contributed by atoms with Crippen LogP contribution in [0, 0.1) is 0 Å². The molecule has 0 saturated heterocycles. The molecule has 2 aromatic rings. The van der Waals surface area contributed by atoms with Gasteiger partial charge < -0.3 is 10.2 Å². The van der Waals surface area contributed by atoms with E-state index in [1.54, 1.807) is 17.1 Å². The van der Waals surface area contributed by atoms with Gasteiger partial charge >= 0.3 is 0 Å². The second-order valence-corrected chi connectivity index (χ2v) is 4.53. The maximum Gasteiger partial charge on any atom is 0.108 e. The lowest BCUT2D eigenvalue weighted by Gasteiger charge is -2.14. The van der Waals surface area contributed by atoms with Gasteiger partial charge in [0.15, 0.2) is 0 Å². The van der Waals surface area contributed by atoms with E-state index in [0.29, 0.717) is 17.7 Å². The smallest absolute Gasteiger partial charge is 0.108 e. The van der Waals surface area contributed by atoms with Gasteiger partial charge in [-0.1, -0.05) is 18.2 Å². The predicted octanol–water partition coefficient (Wildman–Crippen LogP) is 1.59. The van der Waals surface area contributed by atoms with Crippen LogP contribution in [0.5, 0.6) is 0 Å². The third kappa shape index (κ3) is 2.93. The molecule has 2 unspecified atom stereocenters. The van der Waals surface area contributed by atoms with Gasteiger partial charge in [0.1, 0.15) is 6.10 Å². The number of para-hydroxylation sites is 1. The molecular formula is C13H16N2O2S. The van der Waals surface area contributed by atoms with E-state index in [4.69, 9.17) is 0 Å². The first-order valence-electron chi connectivity index (χ1n) is 5.79. The quantitative estimate of drug-likeness (QED) is 0.719. The molecule has 4 nitrogen and oxygen atoms in total. The van der Waals surface area contributed by atoms with Crippen LogP contribution in [0.25, 0.3) is 5.69 Å². The van der Waals surface area contributed by atoms with Crippen molar-refractivity contribution in [2.24, 2.45) is 0 Å². The summed E-state index contributed by atoms with van der Waals surface area (Å²) >= 11 is 4.04. The maximum absolute atomic E-state index is 9.94. The lowest BCUT2D eigenvalue weighted by Crippen LogP contribution is -2.18.